The van der Waals surface area contributed by atoms with Gasteiger partial charge in [-0.05, 0) is 45.9 Å². The number of halogens is 1. The van der Waals surface area contributed by atoms with Crippen molar-refractivity contribution < 1.29 is 0 Å². The van der Waals surface area contributed by atoms with Crippen LogP contribution in [0.25, 0.3) is 22.4 Å². The van der Waals surface area contributed by atoms with Crippen LogP contribution in [0.2, 0.25) is 0 Å². The van der Waals surface area contributed by atoms with E-state index in [-0.39, 0.29) is 0 Å². The summed E-state index contributed by atoms with van der Waals surface area (Å²) in [5, 5.41) is 0. The molecule has 3 aromatic rings. The van der Waals surface area contributed by atoms with E-state index in [1.165, 1.54) is 11.1 Å². The molecule has 2 aromatic carbocycles. The zero-order valence-corrected chi connectivity index (χ0v) is 12.4. The second kappa shape index (κ2) is 5.53. The molecule has 0 radical (unpaired) electrons. The number of hydrogen-bond donors (Lipinski definition) is 0. The van der Waals surface area contributed by atoms with Crippen molar-refractivity contribution in [3.8, 4) is 22.4 Å². The Hall–Kier alpha value is -1.68. The van der Waals surface area contributed by atoms with Gasteiger partial charge in [-0.3, -0.25) is 4.98 Å². The number of nitrogens with zero attached hydrogens (tertiary/aromatic N) is 1. The van der Waals surface area contributed by atoms with Crippen molar-refractivity contribution in [2.75, 3.05) is 0 Å². The van der Waals surface area contributed by atoms with Gasteiger partial charge in [0.05, 0.1) is 5.69 Å². The first-order chi connectivity index (χ1) is 9.33. The third-order valence-electron chi connectivity index (χ3n) is 3.02. The maximum absolute atomic E-state index is 4.44. The number of pyridine rings is 1. The van der Waals surface area contributed by atoms with Gasteiger partial charge >= 0.3 is 0 Å². The van der Waals surface area contributed by atoms with E-state index in [1.807, 2.05) is 12.3 Å². The molecule has 0 aliphatic rings. The van der Waals surface area contributed by atoms with E-state index in [0.29, 0.717) is 0 Å². The number of hydrogen-bond acceptors (Lipinski definition) is 1. The minimum absolute atomic E-state index is 1.01. The first-order valence-electron chi connectivity index (χ1n) is 6.10. The molecule has 19 heavy (non-hydrogen) atoms. The highest BCUT2D eigenvalue weighted by Crippen LogP contribution is 2.23. The second-order valence-electron chi connectivity index (χ2n) is 4.31. The van der Waals surface area contributed by atoms with Crippen LogP contribution < -0.4 is 0 Å². The van der Waals surface area contributed by atoms with Gasteiger partial charge in [0.2, 0.25) is 0 Å². The molecule has 2 heteroatoms. The lowest BCUT2D eigenvalue weighted by Gasteiger charge is -2.04. The molecule has 1 nitrogen and oxygen atoms in total. The van der Waals surface area contributed by atoms with Crippen LogP contribution in [-0.2, 0) is 0 Å². The summed E-state index contributed by atoms with van der Waals surface area (Å²) in [6.45, 7) is 0. The molecule has 0 amide bonds. The monoisotopic (exact) mass is 357 g/mol. The van der Waals surface area contributed by atoms with Crippen LogP contribution >= 0.6 is 22.6 Å². The normalized spacial score (nSPS) is 10.4. The van der Waals surface area contributed by atoms with Gasteiger partial charge in [-0.25, -0.2) is 0 Å². The van der Waals surface area contributed by atoms with Gasteiger partial charge in [0.1, 0.15) is 0 Å². The van der Waals surface area contributed by atoms with Crippen molar-refractivity contribution >= 4 is 22.6 Å². The Morgan fingerprint density at radius 3 is 1.89 bits per heavy atom. The average Bonchev–Trinajstić information content (AvgIpc) is 2.49. The third-order valence-corrected chi connectivity index (χ3v) is 3.65. The fraction of sp³-hybridized carbons (Fsp3) is 0. The van der Waals surface area contributed by atoms with Gasteiger partial charge in [0.15, 0.2) is 0 Å². The van der Waals surface area contributed by atoms with Gasteiger partial charge in [-0.1, -0.05) is 54.6 Å². The molecule has 0 fully saturated rings. The van der Waals surface area contributed by atoms with Crippen molar-refractivity contribution in [1.29, 1.82) is 0 Å². The maximum Gasteiger partial charge on any atom is 0.0702 e. The number of aromatic nitrogens is 1. The highest BCUT2D eigenvalue weighted by molar-refractivity contribution is 14.1. The van der Waals surface area contributed by atoms with Gasteiger partial charge in [-0.2, -0.15) is 0 Å². The molecule has 0 aliphatic heterocycles. The standard InChI is InChI=1S/C17H12IN/c18-16-10-11-17(19-12-16)15-8-6-14(7-9-15)13-4-2-1-3-5-13/h1-12H. The van der Waals surface area contributed by atoms with Crippen molar-refractivity contribution in [3.05, 3.63) is 76.5 Å². The number of rotatable bonds is 2. The molecule has 0 saturated heterocycles. The highest BCUT2D eigenvalue weighted by atomic mass is 127. The molecule has 0 N–H and O–H groups in total. The summed E-state index contributed by atoms with van der Waals surface area (Å²) in [5.41, 5.74) is 4.63. The Morgan fingerprint density at radius 2 is 1.26 bits per heavy atom. The van der Waals surface area contributed by atoms with Gasteiger partial charge in [-0.15, -0.1) is 0 Å². The van der Waals surface area contributed by atoms with Gasteiger partial charge < -0.3 is 0 Å². The molecule has 0 spiro atoms. The van der Waals surface area contributed by atoms with E-state index in [4.69, 9.17) is 0 Å². The first-order valence-corrected chi connectivity index (χ1v) is 7.18. The Morgan fingerprint density at radius 1 is 0.632 bits per heavy atom. The molecule has 0 unspecified atom stereocenters. The van der Waals surface area contributed by atoms with Crippen LogP contribution in [0.15, 0.2) is 72.9 Å². The van der Waals surface area contributed by atoms with Gasteiger partial charge in [0, 0.05) is 15.3 Å². The third kappa shape index (κ3) is 2.84. The maximum atomic E-state index is 4.44. The van der Waals surface area contributed by atoms with E-state index in [0.717, 1.165) is 14.8 Å². The number of benzene rings is 2. The Bertz CT molecular complexity index is 658. The van der Waals surface area contributed by atoms with Crippen molar-refractivity contribution in [2.24, 2.45) is 0 Å². The minimum Gasteiger partial charge on any atom is -0.255 e. The fourth-order valence-corrected chi connectivity index (χ4v) is 2.33. The molecule has 0 saturated carbocycles. The Labute approximate surface area is 126 Å². The lowest BCUT2D eigenvalue weighted by atomic mass is 10.0. The molecular weight excluding hydrogens is 345 g/mol. The van der Waals surface area contributed by atoms with Gasteiger partial charge in [0.25, 0.3) is 0 Å². The Balaban J connectivity index is 1.93. The topological polar surface area (TPSA) is 12.9 Å². The summed E-state index contributed by atoms with van der Waals surface area (Å²) in [5.74, 6) is 0. The van der Waals surface area contributed by atoms with Crippen molar-refractivity contribution in [2.45, 2.75) is 0 Å². The summed E-state index contributed by atoms with van der Waals surface area (Å²) in [7, 11) is 0. The molecule has 92 valence electrons. The molecule has 0 atom stereocenters. The largest absolute Gasteiger partial charge is 0.255 e. The summed E-state index contributed by atoms with van der Waals surface area (Å²) >= 11 is 2.27. The first kappa shape index (κ1) is 12.4. The fourth-order valence-electron chi connectivity index (χ4n) is 2.01. The quantitative estimate of drug-likeness (QED) is 0.587. The van der Waals surface area contributed by atoms with Crippen LogP contribution in [0.3, 0.4) is 0 Å². The zero-order valence-electron chi connectivity index (χ0n) is 10.3. The summed E-state index contributed by atoms with van der Waals surface area (Å²) in [6, 6.07) is 23.1. The molecule has 0 bridgehead atoms. The summed E-state index contributed by atoms with van der Waals surface area (Å²) in [4.78, 5) is 4.44. The second-order valence-corrected chi connectivity index (χ2v) is 5.55. The van der Waals surface area contributed by atoms with E-state index < -0.39 is 0 Å². The average molecular weight is 357 g/mol. The molecule has 1 aromatic heterocycles. The molecule has 1 heterocycles. The molecule has 0 aliphatic carbocycles. The van der Waals surface area contributed by atoms with E-state index in [9.17, 15) is 0 Å². The predicted molar refractivity (Wildman–Crippen MR) is 87.8 cm³/mol. The zero-order chi connectivity index (χ0) is 13.1. The van der Waals surface area contributed by atoms with Crippen LogP contribution in [-0.4, -0.2) is 4.98 Å². The summed E-state index contributed by atoms with van der Waals surface area (Å²) in [6.07, 6.45) is 1.89. The van der Waals surface area contributed by atoms with E-state index >= 15 is 0 Å². The van der Waals surface area contributed by atoms with Crippen LogP contribution in [0.5, 0.6) is 0 Å². The van der Waals surface area contributed by atoms with Crippen LogP contribution in [0, 0.1) is 3.57 Å². The van der Waals surface area contributed by atoms with Crippen molar-refractivity contribution in [1.82, 2.24) is 4.98 Å². The minimum atomic E-state index is 1.01. The van der Waals surface area contributed by atoms with Crippen LogP contribution in [0.4, 0.5) is 0 Å². The van der Waals surface area contributed by atoms with Crippen molar-refractivity contribution in [3.63, 3.8) is 0 Å². The SMILES string of the molecule is Ic1ccc(-c2ccc(-c3ccccc3)cc2)nc1. The Kier molecular flexibility index (Phi) is 3.60. The van der Waals surface area contributed by atoms with Crippen LogP contribution in [0.1, 0.15) is 0 Å². The highest BCUT2D eigenvalue weighted by Gasteiger charge is 2.00. The lowest BCUT2D eigenvalue weighted by molar-refractivity contribution is 1.31. The molecular formula is C17H12IN. The predicted octanol–water partition coefficient (Wildman–Crippen LogP) is 5.02. The smallest absolute Gasteiger partial charge is 0.0702 e. The molecule has 3 rings (SSSR count). The lowest BCUT2D eigenvalue weighted by Crippen LogP contribution is -1.84. The van der Waals surface area contributed by atoms with E-state index in [1.54, 1.807) is 0 Å². The summed E-state index contributed by atoms with van der Waals surface area (Å²) < 4.78 is 1.15. The van der Waals surface area contributed by atoms with E-state index in [2.05, 4.69) is 88.2 Å².